The molecule has 0 aromatic heterocycles. The first-order chi connectivity index (χ1) is 17.9. The van der Waals surface area contributed by atoms with Crippen LogP contribution in [0.2, 0.25) is 0 Å². The molecule has 1 aromatic carbocycles. The SMILES string of the molecule is CCCCCCCCCCNC(=O)CN1C(=O)[C@@H](CC(C)C)N=C(C)c2ccc(C(=O)OC(C)(C)C)cc21. The van der Waals surface area contributed by atoms with Gasteiger partial charge in [-0.1, -0.05) is 71.8 Å². The number of aliphatic imine (C=N–C) groups is 1. The Kier molecular flexibility index (Phi) is 12.5. The lowest BCUT2D eigenvalue weighted by Crippen LogP contribution is -2.45. The number of hydrogen-bond donors (Lipinski definition) is 1. The third-order valence-electron chi connectivity index (χ3n) is 6.56. The molecule has 1 atom stereocenters. The van der Waals surface area contributed by atoms with E-state index < -0.39 is 17.6 Å². The Hall–Kier alpha value is -2.70. The Balaban J connectivity index is 2.15. The molecule has 7 nitrogen and oxygen atoms in total. The zero-order valence-electron chi connectivity index (χ0n) is 24.7. The molecule has 1 aliphatic heterocycles. The maximum atomic E-state index is 13.7. The Labute approximate surface area is 229 Å². The average molecular weight is 528 g/mol. The van der Waals surface area contributed by atoms with E-state index in [0.29, 0.717) is 24.2 Å². The van der Waals surface area contributed by atoms with E-state index in [1.54, 1.807) is 18.2 Å². The van der Waals surface area contributed by atoms with Crippen molar-refractivity contribution in [3.63, 3.8) is 0 Å². The van der Waals surface area contributed by atoms with Gasteiger partial charge >= 0.3 is 5.97 Å². The number of benzene rings is 1. The van der Waals surface area contributed by atoms with Crippen LogP contribution in [0.1, 0.15) is 122 Å². The van der Waals surface area contributed by atoms with Crippen molar-refractivity contribution in [3.05, 3.63) is 29.3 Å². The number of rotatable bonds is 14. The molecular weight excluding hydrogens is 478 g/mol. The largest absolute Gasteiger partial charge is 0.456 e. The molecule has 1 heterocycles. The minimum atomic E-state index is -0.644. The summed E-state index contributed by atoms with van der Waals surface area (Å²) >= 11 is 0. The van der Waals surface area contributed by atoms with Gasteiger partial charge in [-0.3, -0.25) is 14.6 Å². The molecule has 0 unspecified atom stereocenters. The van der Waals surface area contributed by atoms with Crippen molar-refractivity contribution < 1.29 is 19.1 Å². The zero-order valence-corrected chi connectivity index (χ0v) is 24.7. The van der Waals surface area contributed by atoms with Gasteiger partial charge in [-0.15, -0.1) is 0 Å². The summed E-state index contributed by atoms with van der Waals surface area (Å²) in [4.78, 5) is 45.7. The molecule has 0 radical (unpaired) electrons. The van der Waals surface area contributed by atoms with Crippen molar-refractivity contribution in [2.45, 2.75) is 118 Å². The predicted octanol–water partition coefficient (Wildman–Crippen LogP) is 6.47. The first-order valence-electron chi connectivity index (χ1n) is 14.4. The highest BCUT2D eigenvalue weighted by Crippen LogP contribution is 2.30. The maximum absolute atomic E-state index is 13.7. The lowest BCUT2D eigenvalue weighted by atomic mass is 10.0. The van der Waals surface area contributed by atoms with E-state index in [-0.39, 0.29) is 24.3 Å². The molecule has 0 saturated heterocycles. The number of esters is 1. The second-order valence-electron chi connectivity index (χ2n) is 11.8. The number of carbonyl (C=O) groups excluding carboxylic acids is 3. The molecule has 1 N–H and O–H groups in total. The molecule has 0 fully saturated rings. The minimum Gasteiger partial charge on any atom is -0.456 e. The number of hydrogen-bond acceptors (Lipinski definition) is 5. The summed E-state index contributed by atoms with van der Waals surface area (Å²) in [7, 11) is 0. The molecule has 2 amide bonds. The Bertz CT molecular complexity index is 978. The van der Waals surface area contributed by atoms with Gasteiger partial charge in [-0.05, 0) is 58.6 Å². The molecule has 2 rings (SSSR count). The fourth-order valence-electron chi connectivity index (χ4n) is 4.63. The van der Waals surface area contributed by atoms with E-state index in [1.807, 2.05) is 27.7 Å². The van der Waals surface area contributed by atoms with Crippen LogP contribution >= 0.6 is 0 Å². The van der Waals surface area contributed by atoms with E-state index in [1.165, 1.54) is 43.4 Å². The average Bonchev–Trinajstić information content (AvgIpc) is 2.92. The predicted molar refractivity (Wildman–Crippen MR) is 155 cm³/mol. The minimum absolute atomic E-state index is 0.113. The number of unbranched alkanes of at least 4 members (excludes halogenated alkanes) is 7. The van der Waals surface area contributed by atoms with Crippen LogP contribution < -0.4 is 10.2 Å². The highest BCUT2D eigenvalue weighted by atomic mass is 16.6. The number of nitrogens with zero attached hydrogens (tertiary/aromatic N) is 2. The molecule has 1 aromatic rings. The normalized spacial score (nSPS) is 15.7. The van der Waals surface area contributed by atoms with Crippen molar-refractivity contribution in [3.8, 4) is 0 Å². The highest BCUT2D eigenvalue weighted by Gasteiger charge is 2.33. The maximum Gasteiger partial charge on any atom is 0.338 e. The number of ether oxygens (including phenoxy) is 1. The first-order valence-corrected chi connectivity index (χ1v) is 14.4. The Morgan fingerprint density at radius 2 is 1.68 bits per heavy atom. The van der Waals surface area contributed by atoms with Crippen LogP contribution in [0.15, 0.2) is 23.2 Å². The van der Waals surface area contributed by atoms with Gasteiger partial charge in [0.15, 0.2) is 0 Å². The van der Waals surface area contributed by atoms with Crippen molar-refractivity contribution >= 4 is 29.2 Å². The second kappa shape index (κ2) is 15.0. The number of benzodiazepines with no additional fused rings is 1. The molecule has 0 spiro atoms. The van der Waals surface area contributed by atoms with Crippen LogP contribution in [0, 0.1) is 5.92 Å². The lowest BCUT2D eigenvalue weighted by Gasteiger charge is -2.26. The third kappa shape index (κ3) is 10.2. The molecular formula is C31H49N3O4. The molecule has 38 heavy (non-hydrogen) atoms. The molecule has 0 bridgehead atoms. The van der Waals surface area contributed by atoms with Crippen molar-refractivity contribution in [1.29, 1.82) is 0 Å². The van der Waals surface area contributed by atoms with Crippen LogP contribution in [0.25, 0.3) is 0 Å². The molecule has 1 aliphatic rings. The smallest absolute Gasteiger partial charge is 0.338 e. The number of amides is 2. The van der Waals surface area contributed by atoms with Crippen LogP contribution in [0.4, 0.5) is 5.69 Å². The van der Waals surface area contributed by atoms with E-state index >= 15 is 0 Å². The van der Waals surface area contributed by atoms with Gasteiger partial charge in [-0.25, -0.2) is 4.79 Å². The fraction of sp³-hybridized carbons (Fsp3) is 0.677. The first kappa shape index (κ1) is 31.5. The summed E-state index contributed by atoms with van der Waals surface area (Å²) < 4.78 is 5.55. The number of fused-ring (bicyclic) bond motifs is 1. The lowest BCUT2D eigenvalue weighted by molar-refractivity contribution is -0.124. The quantitative estimate of drug-likeness (QED) is 0.222. The van der Waals surface area contributed by atoms with E-state index in [9.17, 15) is 14.4 Å². The summed E-state index contributed by atoms with van der Waals surface area (Å²) in [6.45, 7) is 14.1. The molecule has 0 aliphatic carbocycles. The number of nitrogens with one attached hydrogen (secondary N) is 1. The zero-order chi connectivity index (χ0) is 28.3. The summed E-state index contributed by atoms with van der Waals surface area (Å²) in [6.07, 6.45) is 10.1. The van der Waals surface area contributed by atoms with E-state index in [2.05, 4.69) is 26.1 Å². The summed E-state index contributed by atoms with van der Waals surface area (Å²) in [6, 6.07) is 4.57. The Morgan fingerprint density at radius 3 is 2.29 bits per heavy atom. The Morgan fingerprint density at radius 1 is 1.05 bits per heavy atom. The van der Waals surface area contributed by atoms with Gasteiger partial charge in [0.05, 0.1) is 11.3 Å². The second-order valence-corrected chi connectivity index (χ2v) is 11.8. The topological polar surface area (TPSA) is 88.1 Å². The summed E-state index contributed by atoms with van der Waals surface area (Å²) in [5.74, 6) is -0.640. The van der Waals surface area contributed by atoms with Gasteiger partial charge in [0.1, 0.15) is 18.2 Å². The van der Waals surface area contributed by atoms with Crippen LogP contribution in [-0.2, 0) is 14.3 Å². The summed E-state index contributed by atoms with van der Waals surface area (Å²) in [5, 5.41) is 2.99. The van der Waals surface area contributed by atoms with Gasteiger partial charge in [0, 0.05) is 17.8 Å². The summed E-state index contributed by atoms with van der Waals surface area (Å²) in [5.41, 5.74) is 1.68. The molecule has 212 valence electrons. The van der Waals surface area contributed by atoms with Gasteiger partial charge < -0.3 is 15.0 Å². The monoisotopic (exact) mass is 527 g/mol. The van der Waals surface area contributed by atoms with Gasteiger partial charge in [-0.2, -0.15) is 0 Å². The van der Waals surface area contributed by atoms with Crippen LogP contribution in [-0.4, -0.2) is 48.2 Å². The fourth-order valence-corrected chi connectivity index (χ4v) is 4.63. The van der Waals surface area contributed by atoms with Crippen molar-refractivity contribution in [2.24, 2.45) is 10.9 Å². The number of anilines is 1. The van der Waals surface area contributed by atoms with E-state index in [0.717, 1.165) is 24.1 Å². The van der Waals surface area contributed by atoms with Gasteiger partial charge in [0.25, 0.3) is 5.91 Å². The van der Waals surface area contributed by atoms with Crippen molar-refractivity contribution in [1.82, 2.24) is 5.32 Å². The van der Waals surface area contributed by atoms with E-state index in [4.69, 9.17) is 9.73 Å². The van der Waals surface area contributed by atoms with Crippen LogP contribution in [0.5, 0.6) is 0 Å². The van der Waals surface area contributed by atoms with Gasteiger partial charge in [0.2, 0.25) is 5.91 Å². The highest BCUT2D eigenvalue weighted by molar-refractivity contribution is 6.14. The number of carbonyl (C=O) groups is 3. The third-order valence-corrected chi connectivity index (χ3v) is 6.56. The molecule has 0 saturated carbocycles. The van der Waals surface area contributed by atoms with Crippen molar-refractivity contribution in [2.75, 3.05) is 18.0 Å². The van der Waals surface area contributed by atoms with Crippen LogP contribution in [0.3, 0.4) is 0 Å². The standard InChI is InChI=1S/C31H49N3O4/c1-8-9-10-11-12-13-14-15-18-32-28(35)21-34-27-20-24(30(37)38-31(5,6)7)16-17-25(27)23(4)33-26(29(34)36)19-22(2)3/h16-17,20,22,26H,8-15,18-19,21H2,1-7H3,(H,32,35)/t26-/m1/s1. The molecule has 7 heteroatoms.